The van der Waals surface area contributed by atoms with Crippen LogP contribution in [0, 0.1) is 5.92 Å². The van der Waals surface area contributed by atoms with Crippen molar-refractivity contribution in [3.05, 3.63) is 22.2 Å². The number of nitrogens with two attached hydrogens (primary N) is 1. The summed E-state index contributed by atoms with van der Waals surface area (Å²) in [5.74, 6) is 0.243. The van der Waals surface area contributed by atoms with Crippen LogP contribution in [0.1, 0.15) is 23.2 Å². The van der Waals surface area contributed by atoms with E-state index in [9.17, 15) is 9.59 Å². The van der Waals surface area contributed by atoms with Gasteiger partial charge in [-0.15, -0.1) is 0 Å². The van der Waals surface area contributed by atoms with Gasteiger partial charge in [0.2, 0.25) is 5.91 Å². The van der Waals surface area contributed by atoms with Gasteiger partial charge in [-0.05, 0) is 40.9 Å². The number of hydrogen-bond acceptors (Lipinski definition) is 4. The SMILES string of the molecule is COc1cc(C(=O)N2CCCC(C(N)=O)C2)cc(OC)c1Br. The molecule has 1 aromatic rings. The number of carbonyl (C=O) groups excluding carboxylic acids is 2. The normalized spacial score (nSPS) is 18.0. The molecule has 1 aliphatic heterocycles. The van der Waals surface area contributed by atoms with E-state index in [4.69, 9.17) is 15.2 Å². The number of hydrogen-bond donors (Lipinski definition) is 1. The maximum atomic E-state index is 12.7. The Morgan fingerprint density at radius 3 is 2.36 bits per heavy atom. The van der Waals surface area contributed by atoms with Gasteiger partial charge in [-0.2, -0.15) is 0 Å². The van der Waals surface area contributed by atoms with Crippen LogP contribution in [0.5, 0.6) is 11.5 Å². The Morgan fingerprint density at radius 1 is 1.27 bits per heavy atom. The van der Waals surface area contributed by atoms with Crippen LogP contribution < -0.4 is 15.2 Å². The van der Waals surface area contributed by atoms with Gasteiger partial charge in [-0.1, -0.05) is 0 Å². The molecule has 0 aromatic heterocycles. The number of ether oxygens (including phenoxy) is 2. The largest absolute Gasteiger partial charge is 0.495 e. The lowest BCUT2D eigenvalue weighted by molar-refractivity contribution is -0.123. The Labute approximate surface area is 137 Å². The summed E-state index contributed by atoms with van der Waals surface area (Å²) in [4.78, 5) is 25.7. The first kappa shape index (κ1) is 16.6. The van der Waals surface area contributed by atoms with Crippen LogP contribution in [0.25, 0.3) is 0 Å². The van der Waals surface area contributed by atoms with E-state index in [2.05, 4.69) is 15.9 Å². The zero-order valence-corrected chi connectivity index (χ0v) is 14.2. The molecule has 1 heterocycles. The third-order valence-electron chi connectivity index (χ3n) is 3.80. The Hall–Kier alpha value is -1.76. The van der Waals surface area contributed by atoms with Crippen molar-refractivity contribution in [3.63, 3.8) is 0 Å². The van der Waals surface area contributed by atoms with Crippen molar-refractivity contribution in [3.8, 4) is 11.5 Å². The average Bonchev–Trinajstić information content (AvgIpc) is 2.54. The van der Waals surface area contributed by atoms with Gasteiger partial charge in [0.25, 0.3) is 5.91 Å². The Kier molecular flexibility index (Phi) is 5.28. The van der Waals surface area contributed by atoms with Gasteiger partial charge in [0.15, 0.2) is 0 Å². The van der Waals surface area contributed by atoms with Crippen molar-refractivity contribution >= 4 is 27.7 Å². The number of halogens is 1. The molecule has 2 rings (SSSR count). The monoisotopic (exact) mass is 370 g/mol. The smallest absolute Gasteiger partial charge is 0.254 e. The predicted octanol–water partition coefficient (Wildman–Crippen LogP) is 1.80. The number of amides is 2. The summed E-state index contributed by atoms with van der Waals surface area (Å²) in [5.41, 5.74) is 5.82. The first-order chi connectivity index (χ1) is 10.5. The molecule has 1 unspecified atom stereocenters. The highest BCUT2D eigenvalue weighted by atomic mass is 79.9. The van der Waals surface area contributed by atoms with Crippen molar-refractivity contribution in [2.24, 2.45) is 11.7 Å². The maximum absolute atomic E-state index is 12.7. The van der Waals surface area contributed by atoms with E-state index in [1.54, 1.807) is 17.0 Å². The first-order valence-electron chi connectivity index (χ1n) is 6.98. The van der Waals surface area contributed by atoms with E-state index in [-0.39, 0.29) is 17.7 Å². The summed E-state index contributed by atoms with van der Waals surface area (Å²) in [6.45, 7) is 0.970. The van der Waals surface area contributed by atoms with Crippen molar-refractivity contribution in [2.75, 3.05) is 27.3 Å². The van der Waals surface area contributed by atoms with Gasteiger partial charge in [0, 0.05) is 18.7 Å². The number of benzene rings is 1. The van der Waals surface area contributed by atoms with Crippen LogP contribution >= 0.6 is 15.9 Å². The number of carbonyl (C=O) groups is 2. The Morgan fingerprint density at radius 2 is 1.86 bits per heavy atom. The highest BCUT2D eigenvalue weighted by Gasteiger charge is 2.28. The molecule has 1 aromatic carbocycles. The van der Waals surface area contributed by atoms with Crippen LogP contribution in [-0.4, -0.2) is 44.0 Å². The molecule has 0 radical (unpaired) electrons. The lowest BCUT2D eigenvalue weighted by atomic mass is 9.97. The van der Waals surface area contributed by atoms with E-state index < -0.39 is 0 Å². The molecular formula is C15H19BrN2O4. The van der Waals surface area contributed by atoms with Crippen molar-refractivity contribution < 1.29 is 19.1 Å². The van der Waals surface area contributed by atoms with Crippen molar-refractivity contribution in [2.45, 2.75) is 12.8 Å². The van der Waals surface area contributed by atoms with E-state index >= 15 is 0 Å². The zero-order valence-electron chi connectivity index (χ0n) is 12.6. The minimum atomic E-state index is -0.358. The third kappa shape index (κ3) is 3.35. The minimum absolute atomic E-state index is 0.157. The Balaban J connectivity index is 2.27. The molecule has 2 amide bonds. The molecule has 0 spiro atoms. The number of piperidine rings is 1. The number of nitrogens with zero attached hydrogens (tertiary/aromatic N) is 1. The summed E-state index contributed by atoms with van der Waals surface area (Å²) in [7, 11) is 3.05. The highest BCUT2D eigenvalue weighted by Crippen LogP contribution is 2.36. The van der Waals surface area contributed by atoms with Gasteiger partial charge < -0.3 is 20.1 Å². The second-order valence-electron chi connectivity index (χ2n) is 5.19. The lowest BCUT2D eigenvalue weighted by Crippen LogP contribution is -2.44. The molecule has 1 atom stereocenters. The lowest BCUT2D eigenvalue weighted by Gasteiger charge is -2.31. The molecule has 0 saturated carbocycles. The molecule has 1 saturated heterocycles. The average molecular weight is 371 g/mol. The standard InChI is InChI=1S/C15H19BrN2O4/c1-21-11-6-10(7-12(22-2)13(11)16)15(20)18-5-3-4-9(8-18)14(17)19/h6-7,9H,3-5,8H2,1-2H3,(H2,17,19). The quantitative estimate of drug-likeness (QED) is 0.875. The van der Waals surface area contributed by atoms with E-state index in [1.165, 1.54) is 14.2 Å². The molecule has 0 bridgehead atoms. The minimum Gasteiger partial charge on any atom is -0.495 e. The fourth-order valence-corrected chi connectivity index (χ4v) is 3.12. The molecule has 1 fully saturated rings. The van der Waals surface area contributed by atoms with E-state index in [1.807, 2.05) is 0 Å². The number of methoxy groups -OCH3 is 2. The molecule has 6 nitrogen and oxygen atoms in total. The molecule has 0 aliphatic carbocycles. The number of likely N-dealkylation sites (tertiary alicyclic amines) is 1. The summed E-state index contributed by atoms with van der Waals surface area (Å²) in [6, 6.07) is 3.31. The van der Waals surface area contributed by atoms with Crippen LogP contribution in [0.2, 0.25) is 0 Å². The second-order valence-corrected chi connectivity index (χ2v) is 5.98. The summed E-state index contributed by atoms with van der Waals surface area (Å²) >= 11 is 3.37. The molecule has 2 N–H and O–H groups in total. The second kappa shape index (κ2) is 7.00. The number of rotatable bonds is 4. The van der Waals surface area contributed by atoms with Crippen LogP contribution in [0.15, 0.2) is 16.6 Å². The van der Waals surface area contributed by atoms with E-state index in [0.717, 1.165) is 12.8 Å². The van der Waals surface area contributed by atoms with Gasteiger partial charge >= 0.3 is 0 Å². The van der Waals surface area contributed by atoms with Crippen molar-refractivity contribution in [1.82, 2.24) is 4.90 Å². The van der Waals surface area contributed by atoms with Gasteiger partial charge in [0.05, 0.1) is 20.1 Å². The van der Waals surface area contributed by atoms with Crippen molar-refractivity contribution in [1.29, 1.82) is 0 Å². The van der Waals surface area contributed by atoms with E-state index in [0.29, 0.717) is 34.6 Å². The molecule has 22 heavy (non-hydrogen) atoms. The molecule has 7 heteroatoms. The first-order valence-corrected chi connectivity index (χ1v) is 7.77. The van der Waals surface area contributed by atoms with Gasteiger partial charge in [0.1, 0.15) is 16.0 Å². The highest BCUT2D eigenvalue weighted by molar-refractivity contribution is 9.10. The van der Waals surface area contributed by atoms with Crippen LogP contribution in [0.3, 0.4) is 0 Å². The maximum Gasteiger partial charge on any atom is 0.254 e. The molecule has 1 aliphatic rings. The molecular weight excluding hydrogens is 352 g/mol. The zero-order chi connectivity index (χ0) is 16.3. The fourth-order valence-electron chi connectivity index (χ4n) is 2.57. The summed E-state index contributed by atoms with van der Waals surface area (Å²) in [6.07, 6.45) is 1.50. The van der Waals surface area contributed by atoms with Crippen LogP contribution in [0.4, 0.5) is 0 Å². The predicted molar refractivity (Wildman–Crippen MR) is 85.1 cm³/mol. The third-order valence-corrected chi connectivity index (χ3v) is 4.59. The fraction of sp³-hybridized carbons (Fsp3) is 0.467. The van der Waals surface area contributed by atoms with Gasteiger partial charge in [-0.25, -0.2) is 0 Å². The van der Waals surface area contributed by atoms with Gasteiger partial charge in [-0.3, -0.25) is 9.59 Å². The molecule has 120 valence electrons. The summed E-state index contributed by atoms with van der Waals surface area (Å²) < 4.78 is 11.2. The topological polar surface area (TPSA) is 81.9 Å². The van der Waals surface area contributed by atoms with Crippen LogP contribution in [-0.2, 0) is 4.79 Å². The summed E-state index contributed by atoms with van der Waals surface area (Å²) in [5, 5.41) is 0. The number of primary amides is 1. The Bertz CT molecular complexity index is 566.